The van der Waals surface area contributed by atoms with Crippen molar-refractivity contribution in [3.8, 4) is 0 Å². The predicted octanol–water partition coefficient (Wildman–Crippen LogP) is 0.340. The first kappa shape index (κ1) is 17.7. The van der Waals surface area contributed by atoms with E-state index in [1.165, 1.54) is 0 Å². The molecule has 0 bridgehead atoms. The Balaban J connectivity index is 1.43. The van der Waals surface area contributed by atoms with Gasteiger partial charge in [0.15, 0.2) is 11.5 Å². The SMILES string of the molecule is CC(=O)N1CCN(C(=O)[C@@H]2CCCN(c3ccc4nnc(C)n4n3)C2)CC1. The van der Waals surface area contributed by atoms with Crippen LogP contribution in [0.1, 0.15) is 25.6 Å². The lowest BCUT2D eigenvalue weighted by molar-refractivity contribution is -0.141. The molecule has 9 heteroatoms. The highest BCUT2D eigenvalue weighted by Gasteiger charge is 2.32. The zero-order valence-electron chi connectivity index (χ0n) is 15.8. The molecule has 2 amide bonds. The number of carbonyl (C=O) groups is 2. The fraction of sp³-hybridized carbons (Fsp3) is 0.611. The number of rotatable bonds is 2. The Kier molecular flexibility index (Phi) is 4.67. The third-order valence-electron chi connectivity index (χ3n) is 5.54. The van der Waals surface area contributed by atoms with E-state index >= 15 is 0 Å². The number of nitrogens with zero attached hydrogens (tertiary/aromatic N) is 7. The third kappa shape index (κ3) is 3.45. The summed E-state index contributed by atoms with van der Waals surface area (Å²) in [6.07, 6.45) is 1.86. The van der Waals surface area contributed by atoms with E-state index in [1.54, 1.807) is 16.3 Å². The number of aromatic nitrogens is 4. The van der Waals surface area contributed by atoms with Crippen LogP contribution in [0.5, 0.6) is 0 Å². The zero-order chi connectivity index (χ0) is 19.0. The molecular weight excluding hydrogens is 346 g/mol. The fourth-order valence-electron chi connectivity index (χ4n) is 3.94. The molecule has 0 aromatic carbocycles. The van der Waals surface area contributed by atoms with Crippen LogP contribution in [0.3, 0.4) is 0 Å². The molecule has 2 saturated heterocycles. The van der Waals surface area contributed by atoms with Crippen LogP contribution in [-0.2, 0) is 9.59 Å². The van der Waals surface area contributed by atoms with Crippen molar-refractivity contribution in [2.75, 3.05) is 44.2 Å². The molecule has 2 aromatic rings. The number of amides is 2. The van der Waals surface area contributed by atoms with Gasteiger partial charge in [0, 0.05) is 46.2 Å². The van der Waals surface area contributed by atoms with Crippen LogP contribution in [0, 0.1) is 12.8 Å². The molecule has 0 spiro atoms. The summed E-state index contributed by atoms with van der Waals surface area (Å²) in [5.41, 5.74) is 0.726. The zero-order valence-corrected chi connectivity index (χ0v) is 15.8. The van der Waals surface area contributed by atoms with Crippen molar-refractivity contribution >= 4 is 23.3 Å². The number of aryl methyl sites for hydroxylation is 1. The summed E-state index contributed by atoms with van der Waals surface area (Å²) in [4.78, 5) is 30.3. The number of carbonyl (C=O) groups excluding carboxylic acids is 2. The lowest BCUT2D eigenvalue weighted by Gasteiger charge is -2.39. The lowest BCUT2D eigenvalue weighted by atomic mass is 9.96. The van der Waals surface area contributed by atoms with Gasteiger partial charge in [-0.25, -0.2) is 0 Å². The number of piperazine rings is 1. The Morgan fingerprint density at radius 2 is 1.78 bits per heavy atom. The first-order chi connectivity index (χ1) is 13.0. The maximum atomic E-state index is 13.0. The number of piperidine rings is 1. The van der Waals surface area contributed by atoms with Crippen molar-refractivity contribution in [1.82, 2.24) is 29.6 Å². The summed E-state index contributed by atoms with van der Waals surface area (Å²) < 4.78 is 1.74. The molecule has 0 aliphatic carbocycles. The van der Waals surface area contributed by atoms with Crippen molar-refractivity contribution in [2.45, 2.75) is 26.7 Å². The molecule has 1 atom stereocenters. The van der Waals surface area contributed by atoms with E-state index in [0.29, 0.717) is 32.7 Å². The van der Waals surface area contributed by atoms with Gasteiger partial charge < -0.3 is 14.7 Å². The number of fused-ring (bicyclic) bond motifs is 1. The second-order valence-electron chi connectivity index (χ2n) is 7.33. The van der Waals surface area contributed by atoms with E-state index in [1.807, 2.05) is 24.0 Å². The summed E-state index contributed by atoms with van der Waals surface area (Å²) in [5.74, 6) is 1.85. The smallest absolute Gasteiger partial charge is 0.227 e. The van der Waals surface area contributed by atoms with Crippen molar-refractivity contribution in [3.63, 3.8) is 0 Å². The molecule has 27 heavy (non-hydrogen) atoms. The van der Waals surface area contributed by atoms with Crippen LogP contribution in [0.25, 0.3) is 5.65 Å². The number of hydrogen-bond acceptors (Lipinski definition) is 6. The molecule has 4 heterocycles. The molecule has 144 valence electrons. The normalized spacial score (nSPS) is 21.0. The van der Waals surface area contributed by atoms with Crippen molar-refractivity contribution < 1.29 is 9.59 Å². The van der Waals surface area contributed by atoms with E-state index in [-0.39, 0.29) is 17.7 Å². The van der Waals surface area contributed by atoms with Crippen LogP contribution in [0.2, 0.25) is 0 Å². The van der Waals surface area contributed by atoms with Gasteiger partial charge in [-0.3, -0.25) is 9.59 Å². The highest BCUT2D eigenvalue weighted by atomic mass is 16.2. The van der Waals surface area contributed by atoms with Crippen LogP contribution in [0.4, 0.5) is 5.82 Å². The van der Waals surface area contributed by atoms with Crippen LogP contribution >= 0.6 is 0 Å². The first-order valence-corrected chi connectivity index (χ1v) is 9.51. The Morgan fingerprint density at radius 1 is 1.04 bits per heavy atom. The summed E-state index contributed by atoms with van der Waals surface area (Å²) in [7, 11) is 0. The average Bonchev–Trinajstić information content (AvgIpc) is 3.08. The Hall–Kier alpha value is -2.71. The van der Waals surface area contributed by atoms with Gasteiger partial charge in [-0.1, -0.05) is 0 Å². The Labute approximate surface area is 157 Å². The highest BCUT2D eigenvalue weighted by molar-refractivity contribution is 5.80. The number of anilines is 1. The summed E-state index contributed by atoms with van der Waals surface area (Å²) in [5, 5.41) is 12.8. The minimum atomic E-state index is -0.0258. The van der Waals surface area contributed by atoms with E-state index in [2.05, 4.69) is 20.2 Å². The third-order valence-corrected chi connectivity index (χ3v) is 5.54. The molecule has 0 unspecified atom stereocenters. The quantitative estimate of drug-likeness (QED) is 0.757. The fourth-order valence-corrected chi connectivity index (χ4v) is 3.94. The largest absolute Gasteiger partial charge is 0.354 e. The van der Waals surface area contributed by atoms with Gasteiger partial charge in [0.05, 0.1) is 5.92 Å². The van der Waals surface area contributed by atoms with E-state index in [9.17, 15) is 9.59 Å². The molecule has 0 saturated carbocycles. The van der Waals surface area contributed by atoms with Gasteiger partial charge in [0.2, 0.25) is 11.8 Å². The van der Waals surface area contributed by atoms with E-state index in [0.717, 1.165) is 36.7 Å². The van der Waals surface area contributed by atoms with Crippen molar-refractivity contribution in [3.05, 3.63) is 18.0 Å². The highest BCUT2D eigenvalue weighted by Crippen LogP contribution is 2.24. The van der Waals surface area contributed by atoms with E-state index in [4.69, 9.17) is 0 Å². The Bertz CT molecular complexity index is 857. The van der Waals surface area contributed by atoms with Crippen molar-refractivity contribution in [1.29, 1.82) is 0 Å². The maximum Gasteiger partial charge on any atom is 0.227 e. The molecule has 2 aromatic heterocycles. The summed E-state index contributed by atoms with van der Waals surface area (Å²) in [6.45, 7) is 7.52. The average molecular weight is 371 g/mol. The monoisotopic (exact) mass is 371 g/mol. The standard InChI is InChI=1S/C18H25N7O2/c1-13-19-20-16-5-6-17(21-25(13)16)24-7-3-4-15(12-24)18(27)23-10-8-22(9-11-23)14(2)26/h5-6,15H,3-4,7-12H2,1-2H3/t15-/m1/s1. The molecule has 2 fully saturated rings. The van der Waals surface area contributed by atoms with Crippen LogP contribution in [0.15, 0.2) is 12.1 Å². The molecule has 2 aliphatic heterocycles. The molecule has 0 N–H and O–H groups in total. The van der Waals surface area contributed by atoms with Gasteiger partial charge in [-0.15, -0.1) is 15.3 Å². The Morgan fingerprint density at radius 3 is 2.52 bits per heavy atom. The first-order valence-electron chi connectivity index (χ1n) is 9.51. The number of hydrogen-bond donors (Lipinski definition) is 0. The predicted molar refractivity (Wildman–Crippen MR) is 99.3 cm³/mol. The van der Waals surface area contributed by atoms with Crippen LogP contribution in [-0.4, -0.2) is 80.7 Å². The van der Waals surface area contributed by atoms with Crippen LogP contribution < -0.4 is 4.90 Å². The van der Waals surface area contributed by atoms with Gasteiger partial charge in [-0.05, 0) is 31.9 Å². The van der Waals surface area contributed by atoms with Gasteiger partial charge >= 0.3 is 0 Å². The molecular formula is C18H25N7O2. The maximum absolute atomic E-state index is 13.0. The topological polar surface area (TPSA) is 86.9 Å². The van der Waals surface area contributed by atoms with Gasteiger partial charge in [-0.2, -0.15) is 4.52 Å². The molecule has 4 rings (SSSR count). The van der Waals surface area contributed by atoms with Gasteiger partial charge in [0.25, 0.3) is 0 Å². The lowest BCUT2D eigenvalue weighted by Crippen LogP contribution is -2.53. The summed E-state index contributed by atoms with van der Waals surface area (Å²) >= 11 is 0. The minimum absolute atomic E-state index is 0.0258. The second kappa shape index (κ2) is 7.13. The molecule has 2 aliphatic rings. The van der Waals surface area contributed by atoms with E-state index < -0.39 is 0 Å². The molecule has 9 nitrogen and oxygen atoms in total. The minimum Gasteiger partial charge on any atom is -0.354 e. The molecule has 0 radical (unpaired) electrons. The summed E-state index contributed by atoms with van der Waals surface area (Å²) in [6, 6.07) is 3.86. The van der Waals surface area contributed by atoms with Gasteiger partial charge in [0.1, 0.15) is 5.82 Å². The second-order valence-corrected chi connectivity index (χ2v) is 7.33. The van der Waals surface area contributed by atoms with Crippen molar-refractivity contribution in [2.24, 2.45) is 5.92 Å².